The molecule has 1 aliphatic rings. The van der Waals surface area contributed by atoms with Gasteiger partial charge < -0.3 is 5.73 Å². The van der Waals surface area contributed by atoms with E-state index in [0.29, 0.717) is 0 Å². The lowest BCUT2D eigenvalue weighted by molar-refractivity contribution is 0.598. The minimum absolute atomic E-state index is 0.0553. The highest BCUT2D eigenvalue weighted by atomic mass is 32.2. The molecular weight excluding hydrogens is 291 g/mol. The second-order valence-electron chi connectivity index (χ2n) is 5.09. The first-order valence-corrected chi connectivity index (χ1v) is 8.14. The van der Waals surface area contributed by atoms with E-state index in [1.807, 2.05) is 6.07 Å². The first-order valence-electron chi connectivity index (χ1n) is 6.66. The Hall–Kier alpha value is -2.08. The number of anilines is 2. The summed E-state index contributed by atoms with van der Waals surface area (Å²) in [6, 6.07) is 9.06. The van der Waals surface area contributed by atoms with E-state index in [0.717, 1.165) is 30.9 Å². The number of fused-ring (bicyclic) bond motifs is 1. The lowest BCUT2D eigenvalue weighted by Crippen LogP contribution is -2.15. The highest BCUT2D eigenvalue weighted by molar-refractivity contribution is 7.92. The topological polar surface area (TPSA) is 72.2 Å². The number of aryl methyl sites for hydroxylation is 2. The van der Waals surface area contributed by atoms with E-state index in [1.54, 1.807) is 12.1 Å². The van der Waals surface area contributed by atoms with E-state index in [9.17, 15) is 12.8 Å². The Labute approximate surface area is 122 Å². The standard InChI is InChI=1S/C15H15FN2O2S/c16-13-5-2-6-14(17)15(13)18-21(19,20)12-8-7-10-3-1-4-11(10)9-12/h2,5-9,18H,1,3-4,17H2. The van der Waals surface area contributed by atoms with Gasteiger partial charge in [0.25, 0.3) is 10.0 Å². The number of halogens is 1. The molecule has 1 aliphatic carbocycles. The SMILES string of the molecule is Nc1cccc(F)c1NS(=O)(=O)c1ccc2c(c1)CCC2. The van der Waals surface area contributed by atoms with Crippen LogP contribution in [-0.4, -0.2) is 8.42 Å². The van der Waals surface area contributed by atoms with E-state index >= 15 is 0 Å². The largest absolute Gasteiger partial charge is 0.397 e. The van der Waals surface area contributed by atoms with Gasteiger partial charge in [0.15, 0.2) is 0 Å². The van der Waals surface area contributed by atoms with Crippen molar-refractivity contribution in [2.24, 2.45) is 0 Å². The van der Waals surface area contributed by atoms with Crippen LogP contribution in [0, 0.1) is 5.82 Å². The van der Waals surface area contributed by atoms with Crippen LogP contribution >= 0.6 is 0 Å². The van der Waals surface area contributed by atoms with E-state index in [4.69, 9.17) is 5.73 Å². The molecule has 4 nitrogen and oxygen atoms in total. The molecule has 0 amide bonds. The van der Waals surface area contributed by atoms with Crippen molar-refractivity contribution in [3.63, 3.8) is 0 Å². The molecular formula is C15H15FN2O2S. The summed E-state index contributed by atoms with van der Waals surface area (Å²) < 4.78 is 40.7. The predicted octanol–water partition coefficient (Wildman–Crippen LogP) is 2.70. The second-order valence-corrected chi connectivity index (χ2v) is 6.78. The van der Waals surface area contributed by atoms with Crippen molar-refractivity contribution in [3.05, 3.63) is 53.3 Å². The van der Waals surface area contributed by atoms with Gasteiger partial charge in [-0.05, 0) is 54.7 Å². The van der Waals surface area contributed by atoms with Crippen LogP contribution in [0.4, 0.5) is 15.8 Å². The van der Waals surface area contributed by atoms with Crippen molar-refractivity contribution in [1.29, 1.82) is 0 Å². The number of rotatable bonds is 3. The Kier molecular flexibility index (Phi) is 3.33. The van der Waals surface area contributed by atoms with Crippen LogP contribution in [0.5, 0.6) is 0 Å². The summed E-state index contributed by atoms with van der Waals surface area (Å²) in [7, 11) is -3.85. The summed E-state index contributed by atoms with van der Waals surface area (Å²) in [6.07, 6.45) is 2.89. The second kappa shape index (κ2) is 5.04. The molecule has 6 heteroatoms. The van der Waals surface area contributed by atoms with Gasteiger partial charge in [0, 0.05) is 0 Å². The molecule has 0 unspecified atom stereocenters. The quantitative estimate of drug-likeness (QED) is 0.856. The van der Waals surface area contributed by atoms with Crippen molar-refractivity contribution < 1.29 is 12.8 Å². The Morgan fingerprint density at radius 2 is 1.86 bits per heavy atom. The molecule has 0 heterocycles. The molecule has 2 aromatic rings. The fraction of sp³-hybridized carbons (Fsp3) is 0.200. The highest BCUT2D eigenvalue weighted by Gasteiger charge is 2.20. The maximum atomic E-state index is 13.7. The summed E-state index contributed by atoms with van der Waals surface area (Å²) in [5.41, 5.74) is 7.70. The van der Waals surface area contributed by atoms with Gasteiger partial charge in [-0.25, -0.2) is 12.8 Å². The van der Waals surface area contributed by atoms with Crippen LogP contribution in [0.2, 0.25) is 0 Å². The third-order valence-electron chi connectivity index (χ3n) is 3.66. The Morgan fingerprint density at radius 3 is 2.62 bits per heavy atom. The van der Waals surface area contributed by atoms with Crippen LogP contribution in [0.15, 0.2) is 41.3 Å². The van der Waals surface area contributed by atoms with Crippen molar-refractivity contribution in [2.75, 3.05) is 10.5 Å². The zero-order chi connectivity index (χ0) is 15.0. The Morgan fingerprint density at radius 1 is 1.10 bits per heavy atom. The number of nitrogens with two attached hydrogens (primary N) is 1. The zero-order valence-corrected chi connectivity index (χ0v) is 12.1. The van der Waals surface area contributed by atoms with Crippen LogP contribution in [0.25, 0.3) is 0 Å². The van der Waals surface area contributed by atoms with Crippen molar-refractivity contribution in [2.45, 2.75) is 24.2 Å². The van der Waals surface area contributed by atoms with Gasteiger partial charge in [-0.3, -0.25) is 4.72 Å². The number of hydrogen-bond donors (Lipinski definition) is 2. The molecule has 0 saturated carbocycles. The monoisotopic (exact) mass is 306 g/mol. The minimum Gasteiger partial charge on any atom is -0.397 e. The molecule has 3 N–H and O–H groups in total. The molecule has 0 radical (unpaired) electrons. The van der Waals surface area contributed by atoms with Crippen LogP contribution in [0.1, 0.15) is 17.5 Å². The molecule has 0 fully saturated rings. The maximum Gasteiger partial charge on any atom is 0.262 e. The van der Waals surface area contributed by atoms with Gasteiger partial charge in [0.05, 0.1) is 10.6 Å². The number of sulfonamides is 1. The predicted molar refractivity (Wildman–Crippen MR) is 80.1 cm³/mol. The highest BCUT2D eigenvalue weighted by Crippen LogP contribution is 2.28. The molecule has 2 aromatic carbocycles. The number of benzene rings is 2. The molecule has 110 valence electrons. The van der Waals surface area contributed by atoms with Crippen molar-refractivity contribution in [3.8, 4) is 0 Å². The molecule has 3 rings (SSSR count). The summed E-state index contributed by atoms with van der Waals surface area (Å²) in [5, 5.41) is 0. The first-order chi connectivity index (χ1) is 9.97. The summed E-state index contributed by atoms with van der Waals surface area (Å²) in [6.45, 7) is 0. The molecule has 21 heavy (non-hydrogen) atoms. The first kappa shape index (κ1) is 13.9. The molecule has 0 aliphatic heterocycles. The van der Waals surface area contributed by atoms with Crippen LogP contribution < -0.4 is 10.5 Å². The summed E-state index contributed by atoms with van der Waals surface area (Å²) >= 11 is 0. The van der Waals surface area contributed by atoms with E-state index in [1.165, 1.54) is 17.7 Å². The fourth-order valence-corrected chi connectivity index (χ4v) is 3.70. The van der Waals surface area contributed by atoms with Crippen molar-refractivity contribution in [1.82, 2.24) is 0 Å². The van der Waals surface area contributed by atoms with E-state index < -0.39 is 15.8 Å². The summed E-state index contributed by atoms with van der Waals surface area (Å²) in [5.74, 6) is -0.695. The van der Waals surface area contributed by atoms with Gasteiger partial charge in [-0.2, -0.15) is 0 Å². The van der Waals surface area contributed by atoms with Crippen LogP contribution in [-0.2, 0) is 22.9 Å². The van der Waals surface area contributed by atoms with Gasteiger partial charge in [-0.15, -0.1) is 0 Å². The normalized spacial score (nSPS) is 14.0. The number of nitrogen functional groups attached to an aromatic ring is 1. The number of hydrogen-bond acceptors (Lipinski definition) is 3. The van der Waals surface area contributed by atoms with Gasteiger partial charge in [0.1, 0.15) is 11.5 Å². The third kappa shape index (κ3) is 2.58. The van der Waals surface area contributed by atoms with Crippen LogP contribution in [0.3, 0.4) is 0 Å². The van der Waals surface area contributed by atoms with Crippen molar-refractivity contribution >= 4 is 21.4 Å². The fourth-order valence-electron chi connectivity index (χ4n) is 2.56. The molecule has 0 aromatic heterocycles. The van der Waals surface area contributed by atoms with Gasteiger partial charge in [0.2, 0.25) is 0 Å². The maximum absolute atomic E-state index is 13.7. The van der Waals surface area contributed by atoms with Gasteiger partial charge >= 0.3 is 0 Å². The van der Waals surface area contributed by atoms with Gasteiger partial charge in [-0.1, -0.05) is 12.1 Å². The zero-order valence-electron chi connectivity index (χ0n) is 11.3. The Balaban J connectivity index is 1.98. The third-order valence-corrected chi connectivity index (χ3v) is 5.01. The molecule has 0 saturated heterocycles. The number of nitrogens with one attached hydrogen (secondary N) is 1. The minimum atomic E-state index is -3.85. The molecule has 0 spiro atoms. The average molecular weight is 306 g/mol. The smallest absolute Gasteiger partial charge is 0.262 e. The Bertz CT molecular complexity index is 783. The summed E-state index contributed by atoms with van der Waals surface area (Å²) in [4.78, 5) is 0.130. The lowest BCUT2D eigenvalue weighted by Gasteiger charge is -2.12. The number of para-hydroxylation sites is 1. The van der Waals surface area contributed by atoms with E-state index in [2.05, 4.69) is 4.72 Å². The lowest BCUT2D eigenvalue weighted by atomic mass is 10.1. The van der Waals surface area contributed by atoms with E-state index in [-0.39, 0.29) is 16.3 Å². The molecule has 0 bridgehead atoms. The molecule has 0 atom stereocenters. The average Bonchev–Trinajstić information content (AvgIpc) is 2.90.